The molecule has 1 fully saturated rings. The molecule has 0 aliphatic carbocycles. The molecule has 1 aromatic heterocycles. The smallest absolute Gasteiger partial charge is 0.253 e. The van der Waals surface area contributed by atoms with Gasteiger partial charge in [-0.1, -0.05) is 24.8 Å². The van der Waals surface area contributed by atoms with Gasteiger partial charge < -0.3 is 15.0 Å². The van der Waals surface area contributed by atoms with Crippen LogP contribution in [0.5, 0.6) is 5.88 Å². The van der Waals surface area contributed by atoms with E-state index in [4.69, 9.17) is 4.74 Å². The number of rotatable bonds is 6. The predicted octanol–water partition coefficient (Wildman–Crippen LogP) is 2.18. The minimum Gasteiger partial charge on any atom is -0.472 e. The van der Waals surface area contributed by atoms with E-state index in [0.29, 0.717) is 31.1 Å². The quantitative estimate of drug-likeness (QED) is 0.810. The van der Waals surface area contributed by atoms with Crippen LogP contribution in [0.4, 0.5) is 0 Å². The number of likely N-dealkylation sites (tertiary alicyclic amines) is 1. The Morgan fingerprint density at radius 1 is 1.27 bits per heavy atom. The van der Waals surface area contributed by atoms with Crippen molar-refractivity contribution in [3.05, 3.63) is 72.4 Å². The highest BCUT2D eigenvalue weighted by atomic mass is 16.5. The molecule has 1 saturated heterocycles. The van der Waals surface area contributed by atoms with Gasteiger partial charge in [0.1, 0.15) is 6.10 Å². The number of carbonyl (C=O) groups excluding carboxylic acids is 2. The van der Waals surface area contributed by atoms with Crippen molar-refractivity contribution >= 4 is 11.8 Å². The Hall–Kier alpha value is -3.15. The van der Waals surface area contributed by atoms with E-state index in [1.807, 2.05) is 30.3 Å². The first kappa shape index (κ1) is 17.7. The zero-order valence-electron chi connectivity index (χ0n) is 14.4. The maximum Gasteiger partial charge on any atom is 0.253 e. The van der Waals surface area contributed by atoms with Crippen molar-refractivity contribution in [1.82, 2.24) is 15.2 Å². The van der Waals surface area contributed by atoms with Gasteiger partial charge in [-0.3, -0.25) is 9.59 Å². The number of pyridine rings is 1. The number of nitrogens with zero attached hydrogens (tertiary/aromatic N) is 2. The monoisotopic (exact) mass is 351 g/mol. The van der Waals surface area contributed by atoms with Crippen molar-refractivity contribution in [2.24, 2.45) is 0 Å². The van der Waals surface area contributed by atoms with E-state index >= 15 is 0 Å². The number of nitrogens with one attached hydrogen (secondary N) is 1. The molecule has 0 spiro atoms. The van der Waals surface area contributed by atoms with Crippen LogP contribution in [0.15, 0.2) is 61.3 Å². The minimum absolute atomic E-state index is 0.0150. The lowest BCUT2D eigenvalue weighted by atomic mass is 10.1. The topological polar surface area (TPSA) is 71.5 Å². The molecule has 6 heteroatoms. The highest BCUT2D eigenvalue weighted by Gasteiger charge is 2.28. The number of aromatic nitrogens is 1. The zero-order chi connectivity index (χ0) is 18.4. The van der Waals surface area contributed by atoms with Gasteiger partial charge in [0.05, 0.1) is 6.54 Å². The summed E-state index contributed by atoms with van der Waals surface area (Å²) in [6, 6.07) is 12.8. The highest BCUT2D eigenvalue weighted by Crippen LogP contribution is 2.18. The average Bonchev–Trinajstić information content (AvgIpc) is 3.15. The summed E-state index contributed by atoms with van der Waals surface area (Å²) in [7, 11) is 0. The first-order chi connectivity index (χ1) is 12.7. The van der Waals surface area contributed by atoms with Crippen molar-refractivity contribution in [2.45, 2.75) is 19.1 Å². The molecule has 2 heterocycles. The first-order valence-corrected chi connectivity index (χ1v) is 8.52. The Balaban J connectivity index is 1.54. The lowest BCUT2D eigenvalue weighted by Crippen LogP contribution is -2.31. The Bertz CT molecular complexity index is 775. The third-order valence-corrected chi connectivity index (χ3v) is 4.21. The molecule has 2 amide bonds. The maximum atomic E-state index is 12.6. The van der Waals surface area contributed by atoms with Crippen LogP contribution in [0.25, 0.3) is 0 Å². The number of amides is 2. The molecular weight excluding hydrogens is 330 g/mol. The summed E-state index contributed by atoms with van der Waals surface area (Å²) in [5, 5.41) is 2.71. The lowest BCUT2D eigenvalue weighted by molar-refractivity contribution is -0.116. The van der Waals surface area contributed by atoms with E-state index in [0.717, 1.165) is 12.0 Å². The number of hydrogen-bond donors (Lipinski definition) is 1. The normalized spacial score (nSPS) is 16.2. The number of carbonyl (C=O) groups is 2. The molecule has 1 atom stereocenters. The molecule has 0 bridgehead atoms. The van der Waals surface area contributed by atoms with E-state index < -0.39 is 0 Å². The van der Waals surface area contributed by atoms with Crippen LogP contribution in [-0.2, 0) is 11.3 Å². The largest absolute Gasteiger partial charge is 0.472 e. The second-order valence-electron chi connectivity index (χ2n) is 6.07. The van der Waals surface area contributed by atoms with Gasteiger partial charge >= 0.3 is 0 Å². The van der Waals surface area contributed by atoms with E-state index in [2.05, 4.69) is 16.9 Å². The molecule has 3 rings (SSSR count). The molecule has 6 nitrogen and oxygen atoms in total. The minimum atomic E-state index is -0.221. The van der Waals surface area contributed by atoms with Gasteiger partial charge in [-0.25, -0.2) is 4.98 Å². The molecule has 26 heavy (non-hydrogen) atoms. The van der Waals surface area contributed by atoms with Crippen LogP contribution >= 0.6 is 0 Å². The van der Waals surface area contributed by atoms with Crippen LogP contribution in [-0.4, -0.2) is 40.9 Å². The van der Waals surface area contributed by atoms with Gasteiger partial charge in [0, 0.05) is 37.3 Å². The number of hydrogen-bond acceptors (Lipinski definition) is 4. The van der Waals surface area contributed by atoms with E-state index in [1.54, 1.807) is 23.2 Å². The fraction of sp³-hybridized carbons (Fsp3) is 0.250. The Morgan fingerprint density at radius 2 is 2.08 bits per heavy atom. The SMILES string of the molecule is C=CC(=O)NCc1ccc(C(=O)N2CCC(Oc3ccccn3)C2)cc1. The van der Waals surface area contributed by atoms with Crippen molar-refractivity contribution in [3.63, 3.8) is 0 Å². The lowest BCUT2D eigenvalue weighted by Gasteiger charge is -2.17. The number of benzene rings is 1. The van der Waals surface area contributed by atoms with Crippen LogP contribution in [0.1, 0.15) is 22.3 Å². The molecule has 2 aromatic rings. The summed E-state index contributed by atoms with van der Waals surface area (Å²) in [6.07, 6.45) is 3.66. The Labute approximate surface area is 152 Å². The summed E-state index contributed by atoms with van der Waals surface area (Å²) < 4.78 is 5.82. The van der Waals surface area contributed by atoms with E-state index in [9.17, 15) is 9.59 Å². The standard InChI is InChI=1S/C20H21N3O3/c1-2-18(24)22-13-15-6-8-16(9-7-15)20(25)23-12-10-17(14-23)26-19-5-3-4-11-21-19/h2-9,11,17H,1,10,12-14H2,(H,22,24). The molecule has 134 valence electrons. The van der Waals surface area contributed by atoms with E-state index in [1.165, 1.54) is 6.08 Å². The van der Waals surface area contributed by atoms with Gasteiger partial charge in [0.2, 0.25) is 11.8 Å². The fourth-order valence-corrected chi connectivity index (χ4v) is 2.81. The van der Waals surface area contributed by atoms with Crippen LogP contribution in [0, 0.1) is 0 Å². The highest BCUT2D eigenvalue weighted by molar-refractivity contribution is 5.94. The van der Waals surface area contributed by atoms with Crippen LogP contribution in [0.3, 0.4) is 0 Å². The molecular formula is C20H21N3O3. The van der Waals surface area contributed by atoms with Gasteiger partial charge in [-0.2, -0.15) is 0 Å². The summed E-state index contributed by atoms with van der Waals surface area (Å²) in [5.41, 5.74) is 1.55. The van der Waals surface area contributed by atoms with Gasteiger partial charge in [0.15, 0.2) is 0 Å². The second-order valence-corrected chi connectivity index (χ2v) is 6.07. The summed E-state index contributed by atoms with van der Waals surface area (Å²) in [6.45, 7) is 5.02. The molecule has 1 unspecified atom stereocenters. The average molecular weight is 351 g/mol. The molecule has 1 aromatic carbocycles. The Morgan fingerprint density at radius 3 is 2.77 bits per heavy atom. The molecule has 0 saturated carbocycles. The van der Waals surface area contributed by atoms with Crippen molar-refractivity contribution in [3.8, 4) is 5.88 Å². The molecule has 1 N–H and O–H groups in total. The van der Waals surface area contributed by atoms with Crippen LogP contribution < -0.4 is 10.1 Å². The van der Waals surface area contributed by atoms with Gasteiger partial charge in [0.25, 0.3) is 5.91 Å². The third kappa shape index (κ3) is 4.47. The Kier molecular flexibility index (Phi) is 5.63. The second kappa shape index (κ2) is 8.29. The van der Waals surface area contributed by atoms with Crippen molar-refractivity contribution < 1.29 is 14.3 Å². The molecule has 1 aliphatic heterocycles. The fourth-order valence-electron chi connectivity index (χ4n) is 2.81. The van der Waals surface area contributed by atoms with Crippen molar-refractivity contribution in [1.29, 1.82) is 0 Å². The van der Waals surface area contributed by atoms with Crippen molar-refractivity contribution in [2.75, 3.05) is 13.1 Å². The van der Waals surface area contributed by atoms with Gasteiger partial charge in [-0.05, 0) is 29.8 Å². The van der Waals surface area contributed by atoms with Gasteiger partial charge in [-0.15, -0.1) is 0 Å². The molecule has 1 aliphatic rings. The maximum absolute atomic E-state index is 12.6. The third-order valence-electron chi connectivity index (χ3n) is 4.21. The van der Waals surface area contributed by atoms with E-state index in [-0.39, 0.29) is 17.9 Å². The molecule has 0 radical (unpaired) electrons. The summed E-state index contributed by atoms with van der Waals surface area (Å²) in [4.78, 5) is 29.8. The number of ether oxygens (including phenoxy) is 1. The summed E-state index contributed by atoms with van der Waals surface area (Å²) >= 11 is 0. The predicted molar refractivity (Wildman–Crippen MR) is 97.7 cm³/mol. The zero-order valence-corrected chi connectivity index (χ0v) is 14.4. The first-order valence-electron chi connectivity index (χ1n) is 8.52. The van der Waals surface area contributed by atoms with Crippen LogP contribution in [0.2, 0.25) is 0 Å². The summed E-state index contributed by atoms with van der Waals surface area (Å²) in [5.74, 6) is 0.345.